The molecule has 1 aliphatic heterocycles. The first-order chi connectivity index (χ1) is 10.2. The Morgan fingerprint density at radius 2 is 2.19 bits per heavy atom. The molecule has 1 aromatic carbocycles. The van der Waals surface area contributed by atoms with E-state index >= 15 is 0 Å². The van der Waals surface area contributed by atoms with Crippen molar-refractivity contribution in [3.8, 4) is 0 Å². The summed E-state index contributed by atoms with van der Waals surface area (Å²) in [6.07, 6.45) is 1.55. The molecular formula is C16H17ClN2O2. The molecule has 0 saturated carbocycles. The van der Waals surface area contributed by atoms with Crippen LogP contribution in [0.5, 0.6) is 0 Å². The number of hydrogen-bond acceptors (Lipinski definition) is 3. The summed E-state index contributed by atoms with van der Waals surface area (Å²) < 4.78 is 5.69. The number of carbonyl (C=O) groups is 1. The number of ether oxygens (including phenoxy) is 1. The zero-order chi connectivity index (χ0) is 14.8. The Bertz CT molecular complexity index is 656. The number of aromatic nitrogens is 1. The van der Waals surface area contributed by atoms with E-state index in [2.05, 4.69) is 4.98 Å². The van der Waals surface area contributed by atoms with Crippen molar-refractivity contribution in [2.24, 2.45) is 0 Å². The largest absolute Gasteiger partial charge is 0.370 e. The van der Waals surface area contributed by atoms with Gasteiger partial charge in [-0.25, -0.2) is 0 Å². The fraction of sp³-hybridized carbons (Fsp3) is 0.375. The lowest BCUT2D eigenvalue weighted by molar-refractivity contribution is -0.0571. The molecule has 5 heteroatoms. The topological polar surface area (TPSA) is 42.4 Å². The van der Waals surface area contributed by atoms with Crippen molar-refractivity contribution >= 4 is 28.3 Å². The quantitative estimate of drug-likeness (QED) is 0.801. The lowest BCUT2D eigenvalue weighted by atomic mass is 10.1. The van der Waals surface area contributed by atoms with E-state index in [9.17, 15) is 4.79 Å². The summed E-state index contributed by atoms with van der Waals surface area (Å²) in [4.78, 5) is 18.9. The van der Waals surface area contributed by atoms with E-state index in [0.29, 0.717) is 24.7 Å². The number of carbonyl (C=O) groups excluding carboxylic acids is 1. The minimum atomic E-state index is -0.116. The Morgan fingerprint density at radius 1 is 1.38 bits per heavy atom. The Balaban J connectivity index is 1.93. The fourth-order valence-corrected chi connectivity index (χ4v) is 2.91. The van der Waals surface area contributed by atoms with Crippen molar-refractivity contribution in [3.63, 3.8) is 0 Å². The van der Waals surface area contributed by atoms with Crippen molar-refractivity contribution in [2.45, 2.75) is 19.1 Å². The van der Waals surface area contributed by atoms with Gasteiger partial charge in [-0.05, 0) is 18.4 Å². The third-order valence-corrected chi connectivity index (χ3v) is 4.01. The van der Waals surface area contributed by atoms with Crippen molar-refractivity contribution in [1.82, 2.24) is 9.88 Å². The maximum absolute atomic E-state index is 12.8. The smallest absolute Gasteiger partial charge is 0.273 e. The van der Waals surface area contributed by atoms with Crippen molar-refractivity contribution in [3.05, 3.63) is 42.2 Å². The number of benzene rings is 1. The van der Waals surface area contributed by atoms with Gasteiger partial charge in [-0.3, -0.25) is 9.78 Å². The zero-order valence-corrected chi connectivity index (χ0v) is 12.6. The molecule has 2 atom stereocenters. The number of fused-ring (bicyclic) bond motifs is 1. The van der Waals surface area contributed by atoms with Crippen LogP contribution in [0.15, 0.2) is 36.5 Å². The van der Waals surface area contributed by atoms with Gasteiger partial charge in [-0.15, -0.1) is 11.6 Å². The first-order valence-corrected chi connectivity index (χ1v) is 7.57. The standard InChI is InChI=1S/C16H17ClN2O2/c1-11-9-19(10-13(8-17)21-11)16(20)15-14-5-3-2-4-12(14)6-7-18-15/h2-7,11,13H,8-10H2,1H3. The van der Waals surface area contributed by atoms with Gasteiger partial charge in [-0.2, -0.15) is 0 Å². The predicted octanol–water partition coefficient (Wildman–Crippen LogP) is 2.70. The van der Waals surface area contributed by atoms with Crippen molar-refractivity contribution in [2.75, 3.05) is 19.0 Å². The molecule has 2 aromatic rings. The van der Waals surface area contributed by atoms with E-state index in [0.717, 1.165) is 10.8 Å². The van der Waals surface area contributed by atoms with Gasteiger partial charge in [0.25, 0.3) is 5.91 Å². The van der Waals surface area contributed by atoms with Gasteiger partial charge in [0.05, 0.1) is 18.1 Å². The highest BCUT2D eigenvalue weighted by Crippen LogP contribution is 2.20. The summed E-state index contributed by atoms with van der Waals surface area (Å²) in [7, 11) is 0. The first-order valence-electron chi connectivity index (χ1n) is 7.03. The molecule has 0 bridgehead atoms. The number of rotatable bonds is 2. The number of hydrogen-bond donors (Lipinski definition) is 0. The number of amides is 1. The van der Waals surface area contributed by atoms with Gasteiger partial charge in [0.2, 0.25) is 0 Å². The second-order valence-corrected chi connectivity index (χ2v) is 5.62. The third-order valence-electron chi connectivity index (χ3n) is 3.66. The molecule has 0 spiro atoms. The maximum Gasteiger partial charge on any atom is 0.273 e. The molecule has 0 N–H and O–H groups in total. The summed E-state index contributed by atoms with van der Waals surface area (Å²) in [6, 6.07) is 9.70. The van der Waals surface area contributed by atoms with Gasteiger partial charge in [0, 0.05) is 24.7 Å². The highest BCUT2D eigenvalue weighted by atomic mass is 35.5. The lowest BCUT2D eigenvalue weighted by Gasteiger charge is -2.36. The van der Waals surface area contributed by atoms with Crippen LogP contribution in [-0.4, -0.2) is 47.0 Å². The van der Waals surface area contributed by atoms with E-state index in [1.165, 1.54) is 0 Å². The molecule has 1 aliphatic rings. The fourth-order valence-electron chi connectivity index (χ4n) is 2.74. The summed E-state index contributed by atoms with van der Waals surface area (Å²) >= 11 is 5.88. The molecule has 2 unspecified atom stereocenters. The van der Waals surface area contributed by atoms with Crippen LogP contribution < -0.4 is 0 Å². The average Bonchev–Trinajstić information content (AvgIpc) is 2.53. The van der Waals surface area contributed by atoms with E-state index in [-0.39, 0.29) is 18.1 Å². The third kappa shape index (κ3) is 2.87. The van der Waals surface area contributed by atoms with Gasteiger partial charge in [0.15, 0.2) is 0 Å². The molecule has 1 amide bonds. The van der Waals surface area contributed by atoms with Crippen LogP contribution in [0.4, 0.5) is 0 Å². The minimum Gasteiger partial charge on any atom is -0.370 e. The van der Waals surface area contributed by atoms with Crippen molar-refractivity contribution in [1.29, 1.82) is 0 Å². The Morgan fingerprint density at radius 3 is 3.00 bits per heavy atom. The number of nitrogens with zero attached hydrogens (tertiary/aromatic N) is 2. The zero-order valence-electron chi connectivity index (χ0n) is 11.8. The van der Waals surface area contributed by atoms with Gasteiger partial charge < -0.3 is 9.64 Å². The number of alkyl halides is 1. The molecule has 1 saturated heterocycles. The maximum atomic E-state index is 12.8. The number of pyridine rings is 1. The van der Waals surface area contributed by atoms with Crippen LogP contribution in [0, 0.1) is 0 Å². The molecule has 110 valence electrons. The van der Waals surface area contributed by atoms with E-state index in [4.69, 9.17) is 16.3 Å². The first kappa shape index (κ1) is 14.3. The van der Waals surface area contributed by atoms with E-state index < -0.39 is 0 Å². The molecule has 21 heavy (non-hydrogen) atoms. The van der Waals surface area contributed by atoms with Gasteiger partial charge in [-0.1, -0.05) is 24.3 Å². The molecule has 1 aromatic heterocycles. The van der Waals surface area contributed by atoms with Gasteiger partial charge >= 0.3 is 0 Å². The second kappa shape index (κ2) is 6.00. The van der Waals surface area contributed by atoms with Crippen LogP contribution in [0.3, 0.4) is 0 Å². The highest BCUT2D eigenvalue weighted by Gasteiger charge is 2.29. The predicted molar refractivity (Wildman–Crippen MR) is 82.7 cm³/mol. The monoisotopic (exact) mass is 304 g/mol. The normalized spacial score (nSPS) is 22.5. The second-order valence-electron chi connectivity index (χ2n) is 5.31. The molecule has 3 rings (SSSR count). The minimum absolute atomic E-state index is 0.0126. The highest BCUT2D eigenvalue weighted by molar-refractivity contribution is 6.18. The molecule has 2 heterocycles. The van der Waals surface area contributed by atoms with Gasteiger partial charge in [0.1, 0.15) is 5.69 Å². The van der Waals surface area contributed by atoms with Crippen LogP contribution >= 0.6 is 11.6 Å². The molecule has 0 radical (unpaired) electrons. The van der Waals surface area contributed by atoms with Crippen LogP contribution in [-0.2, 0) is 4.74 Å². The molecule has 4 nitrogen and oxygen atoms in total. The lowest BCUT2D eigenvalue weighted by Crippen LogP contribution is -2.50. The number of halogens is 1. The van der Waals surface area contributed by atoms with Crippen LogP contribution in [0.2, 0.25) is 0 Å². The van der Waals surface area contributed by atoms with Crippen LogP contribution in [0.1, 0.15) is 17.4 Å². The Labute approximate surface area is 128 Å². The van der Waals surface area contributed by atoms with E-state index in [1.807, 2.05) is 37.3 Å². The summed E-state index contributed by atoms with van der Waals surface area (Å²) in [5.74, 6) is 0.328. The summed E-state index contributed by atoms with van der Waals surface area (Å²) in [5.41, 5.74) is 0.496. The summed E-state index contributed by atoms with van der Waals surface area (Å²) in [5, 5.41) is 1.90. The SMILES string of the molecule is CC1CN(C(=O)c2nccc3ccccc23)CC(CCl)O1. The number of morpholine rings is 1. The van der Waals surface area contributed by atoms with Crippen LogP contribution in [0.25, 0.3) is 10.8 Å². The summed E-state index contributed by atoms with van der Waals surface area (Å²) in [6.45, 7) is 3.03. The molecular weight excluding hydrogens is 288 g/mol. The molecule has 0 aliphatic carbocycles. The van der Waals surface area contributed by atoms with Crippen molar-refractivity contribution < 1.29 is 9.53 Å². The molecule has 1 fully saturated rings. The Kier molecular flexibility index (Phi) is 4.08. The Hall–Kier alpha value is -1.65. The average molecular weight is 305 g/mol. The van der Waals surface area contributed by atoms with E-state index in [1.54, 1.807) is 11.1 Å².